The van der Waals surface area contributed by atoms with E-state index >= 15 is 0 Å². The van der Waals surface area contributed by atoms with Gasteiger partial charge in [-0.05, 0) is 24.1 Å². The van der Waals surface area contributed by atoms with Crippen LogP contribution in [0.25, 0.3) is 0 Å². The summed E-state index contributed by atoms with van der Waals surface area (Å²) in [5.41, 5.74) is 0.971. The van der Waals surface area contributed by atoms with Gasteiger partial charge in [0.15, 0.2) is 0 Å². The van der Waals surface area contributed by atoms with Gasteiger partial charge in [-0.2, -0.15) is 0 Å². The lowest BCUT2D eigenvalue weighted by atomic mass is 10.0. The van der Waals surface area contributed by atoms with Gasteiger partial charge >= 0.3 is 0 Å². The molecule has 2 nitrogen and oxygen atoms in total. The summed E-state index contributed by atoms with van der Waals surface area (Å²) in [4.78, 5) is 2.36. The van der Waals surface area contributed by atoms with Crippen LogP contribution in [0, 0.1) is 5.82 Å². The fourth-order valence-electron chi connectivity index (χ4n) is 2.37. The van der Waals surface area contributed by atoms with Gasteiger partial charge in [-0.15, -0.1) is 31.4 Å². The SMILES string of the molecule is C=CC[C@@H](c1ccc(Cl)c(F)c1)N1CCNCC1.Cl.Cl. The predicted octanol–water partition coefficient (Wildman–Crippen LogP) is 3.85. The molecule has 1 atom stereocenters. The summed E-state index contributed by atoms with van der Waals surface area (Å²) < 4.78 is 13.6. The van der Waals surface area contributed by atoms with E-state index in [1.54, 1.807) is 12.1 Å². The minimum Gasteiger partial charge on any atom is -0.314 e. The highest BCUT2D eigenvalue weighted by atomic mass is 35.5. The van der Waals surface area contributed by atoms with Crippen molar-refractivity contribution in [3.05, 3.63) is 47.3 Å². The molecule has 0 amide bonds. The Morgan fingerprint density at radius 1 is 1.35 bits per heavy atom. The zero-order valence-corrected chi connectivity index (χ0v) is 13.5. The number of halogens is 4. The minimum absolute atomic E-state index is 0. The summed E-state index contributed by atoms with van der Waals surface area (Å²) in [6.07, 6.45) is 2.71. The van der Waals surface area contributed by atoms with Crippen molar-refractivity contribution in [3.8, 4) is 0 Å². The maximum absolute atomic E-state index is 13.6. The van der Waals surface area contributed by atoms with Crippen molar-refractivity contribution >= 4 is 36.4 Å². The van der Waals surface area contributed by atoms with Gasteiger partial charge < -0.3 is 5.32 Å². The van der Waals surface area contributed by atoms with Crippen molar-refractivity contribution in [3.63, 3.8) is 0 Å². The van der Waals surface area contributed by atoms with E-state index in [2.05, 4.69) is 16.8 Å². The average Bonchev–Trinajstić information content (AvgIpc) is 2.40. The lowest BCUT2D eigenvalue weighted by Crippen LogP contribution is -2.45. The van der Waals surface area contributed by atoms with E-state index in [0.29, 0.717) is 0 Å². The van der Waals surface area contributed by atoms with Crippen LogP contribution in [-0.4, -0.2) is 31.1 Å². The van der Waals surface area contributed by atoms with Crippen LogP contribution in [-0.2, 0) is 0 Å². The van der Waals surface area contributed by atoms with Gasteiger partial charge in [0.05, 0.1) is 5.02 Å². The second kappa shape index (κ2) is 9.59. The number of rotatable bonds is 4. The minimum atomic E-state index is -0.349. The molecule has 0 aliphatic carbocycles. The molecule has 1 aromatic rings. The first-order chi connectivity index (χ1) is 8.72. The van der Waals surface area contributed by atoms with Gasteiger partial charge in [0, 0.05) is 32.2 Å². The van der Waals surface area contributed by atoms with Gasteiger partial charge in [0.1, 0.15) is 5.82 Å². The number of hydrogen-bond acceptors (Lipinski definition) is 2. The van der Waals surface area contributed by atoms with E-state index in [9.17, 15) is 4.39 Å². The Labute approximate surface area is 137 Å². The standard InChI is InChI=1S/C14H18ClFN2.2ClH/c1-2-3-14(18-8-6-17-7-9-18)11-4-5-12(15)13(16)10-11;;/h2,4-5,10,14,17H,1,3,6-9H2;2*1H/t14-;;/m0../s1. The lowest BCUT2D eigenvalue weighted by Gasteiger charge is -2.34. The summed E-state index contributed by atoms with van der Waals surface area (Å²) >= 11 is 5.73. The molecule has 20 heavy (non-hydrogen) atoms. The third-order valence-corrected chi connectivity index (χ3v) is 3.62. The van der Waals surface area contributed by atoms with Gasteiger partial charge in [-0.3, -0.25) is 4.90 Å². The second-order valence-electron chi connectivity index (χ2n) is 4.50. The smallest absolute Gasteiger partial charge is 0.142 e. The first-order valence-electron chi connectivity index (χ1n) is 6.23. The summed E-state index contributed by atoms with van der Waals surface area (Å²) in [6.45, 7) is 7.70. The van der Waals surface area contributed by atoms with Gasteiger partial charge in [0.25, 0.3) is 0 Å². The van der Waals surface area contributed by atoms with Crippen LogP contribution in [0.4, 0.5) is 4.39 Å². The molecular weight excluding hydrogens is 322 g/mol. The molecule has 1 aromatic carbocycles. The van der Waals surface area contributed by atoms with Crippen molar-refractivity contribution in [2.24, 2.45) is 0 Å². The molecule has 1 N–H and O–H groups in total. The normalized spacial score (nSPS) is 16.7. The maximum atomic E-state index is 13.6. The predicted molar refractivity (Wildman–Crippen MR) is 87.9 cm³/mol. The van der Waals surface area contributed by atoms with Gasteiger partial charge in [-0.25, -0.2) is 4.39 Å². The number of nitrogens with zero attached hydrogens (tertiary/aromatic N) is 1. The van der Waals surface area contributed by atoms with E-state index in [-0.39, 0.29) is 41.7 Å². The molecule has 1 aliphatic rings. The molecule has 0 aromatic heterocycles. The zero-order valence-electron chi connectivity index (χ0n) is 11.1. The van der Waals surface area contributed by atoms with E-state index in [1.165, 1.54) is 0 Å². The Morgan fingerprint density at radius 3 is 2.55 bits per heavy atom. The van der Waals surface area contributed by atoms with Crippen LogP contribution in [0.3, 0.4) is 0 Å². The third-order valence-electron chi connectivity index (χ3n) is 3.31. The highest BCUT2D eigenvalue weighted by Crippen LogP contribution is 2.27. The molecule has 0 unspecified atom stereocenters. The zero-order chi connectivity index (χ0) is 13.0. The van der Waals surface area contributed by atoms with Crippen molar-refractivity contribution in [1.82, 2.24) is 10.2 Å². The molecule has 114 valence electrons. The number of benzene rings is 1. The Morgan fingerprint density at radius 2 is 2.00 bits per heavy atom. The molecule has 0 spiro atoms. The lowest BCUT2D eigenvalue weighted by molar-refractivity contribution is 0.174. The highest BCUT2D eigenvalue weighted by Gasteiger charge is 2.21. The third kappa shape index (κ3) is 4.90. The van der Waals surface area contributed by atoms with E-state index in [1.807, 2.05) is 12.1 Å². The Bertz CT molecular complexity index is 423. The average molecular weight is 342 g/mol. The Kier molecular flexibility index (Phi) is 9.43. The summed E-state index contributed by atoms with van der Waals surface area (Å²) in [5, 5.41) is 3.50. The van der Waals surface area contributed by atoms with Gasteiger partial charge in [-0.1, -0.05) is 23.7 Å². The quantitative estimate of drug-likeness (QED) is 0.837. The first-order valence-corrected chi connectivity index (χ1v) is 6.61. The van der Waals surface area contributed by atoms with Crippen molar-refractivity contribution < 1.29 is 4.39 Å². The molecule has 1 aliphatic heterocycles. The molecule has 0 saturated carbocycles. The number of hydrogen-bond donors (Lipinski definition) is 1. The Balaban J connectivity index is 0.00000180. The molecule has 1 saturated heterocycles. The number of piperazine rings is 1. The van der Waals surface area contributed by atoms with Gasteiger partial charge in [0.2, 0.25) is 0 Å². The van der Waals surface area contributed by atoms with Crippen LogP contribution >= 0.6 is 36.4 Å². The van der Waals surface area contributed by atoms with Crippen LogP contribution in [0.1, 0.15) is 18.0 Å². The number of nitrogens with one attached hydrogen (secondary N) is 1. The Hall–Kier alpha value is -0.320. The second-order valence-corrected chi connectivity index (χ2v) is 4.91. The molecule has 0 bridgehead atoms. The summed E-state index contributed by atoms with van der Waals surface area (Å²) in [7, 11) is 0. The van der Waals surface area contributed by atoms with Crippen LogP contribution in [0.15, 0.2) is 30.9 Å². The monoisotopic (exact) mass is 340 g/mol. The highest BCUT2D eigenvalue weighted by molar-refractivity contribution is 6.30. The van der Waals surface area contributed by atoms with E-state index in [4.69, 9.17) is 11.6 Å². The van der Waals surface area contributed by atoms with Crippen molar-refractivity contribution in [1.29, 1.82) is 0 Å². The maximum Gasteiger partial charge on any atom is 0.142 e. The first kappa shape index (κ1) is 19.7. The molecule has 6 heteroatoms. The fourth-order valence-corrected chi connectivity index (χ4v) is 2.48. The van der Waals surface area contributed by atoms with E-state index < -0.39 is 0 Å². The molecular formula is C14H20Cl3FN2. The van der Waals surface area contributed by atoms with Crippen molar-refractivity contribution in [2.45, 2.75) is 12.5 Å². The summed E-state index contributed by atoms with van der Waals surface area (Å²) in [6, 6.07) is 5.27. The van der Waals surface area contributed by atoms with Crippen LogP contribution < -0.4 is 5.32 Å². The molecule has 1 heterocycles. The van der Waals surface area contributed by atoms with Crippen molar-refractivity contribution in [2.75, 3.05) is 26.2 Å². The topological polar surface area (TPSA) is 15.3 Å². The largest absolute Gasteiger partial charge is 0.314 e. The van der Waals surface area contributed by atoms with Crippen LogP contribution in [0.5, 0.6) is 0 Å². The molecule has 0 radical (unpaired) electrons. The van der Waals surface area contributed by atoms with E-state index in [0.717, 1.165) is 38.2 Å². The molecule has 1 fully saturated rings. The summed E-state index contributed by atoms with van der Waals surface area (Å²) in [5.74, 6) is -0.349. The van der Waals surface area contributed by atoms with Crippen LogP contribution in [0.2, 0.25) is 5.02 Å². The molecule has 2 rings (SSSR count). The fraction of sp³-hybridized carbons (Fsp3) is 0.429.